The SMILES string of the molecule is N#CCNC(=O)C(Cc1ccc(O)cc1)NC(=S)NCC(F)(F)F. The van der Waals surface area contributed by atoms with Gasteiger partial charge in [-0.05, 0) is 29.9 Å². The molecule has 0 aromatic heterocycles. The van der Waals surface area contributed by atoms with Crippen LogP contribution in [-0.2, 0) is 11.2 Å². The number of nitrogens with one attached hydrogen (secondary N) is 3. The minimum atomic E-state index is -4.44. The first-order valence-corrected chi connectivity index (χ1v) is 7.16. The standard InChI is InChI=1S/C14H15F3N4O2S/c15-14(16,17)8-20-13(24)21-11(12(23)19-6-5-18)7-9-1-3-10(22)4-2-9/h1-4,11,22H,6-8H2,(H,19,23)(H2,20,21,24). The Morgan fingerprint density at radius 2 is 1.92 bits per heavy atom. The van der Waals surface area contributed by atoms with Crippen LogP contribution < -0.4 is 16.0 Å². The van der Waals surface area contributed by atoms with Crippen molar-refractivity contribution in [2.45, 2.75) is 18.6 Å². The van der Waals surface area contributed by atoms with Crippen LogP contribution in [0.5, 0.6) is 5.75 Å². The number of phenolic OH excluding ortho intramolecular Hbond substituents is 1. The van der Waals surface area contributed by atoms with Crippen LogP contribution >= 0.6 is 12.2 Å². The highest BCUT2D eigenvalue weighted by Crippen LogP contribution is 2.13. The van der Waals surface area contributed by atoms with Gasteiger partial charge in [0, 0.05) is 6.42 Å². The summed E-state index contributed by atoms with van der Waals surface area (Å²) in [6, 6.07) is 6.72. The second kappa shape index (κ2) is 8.93. The molecule has 1 aromatic rings. The zero-order chi connectivity index (χ0) is 18.2. The zero-order valence-electron chi connectivity index (χ0n) is 12.4. The average Bonchev–Trinajstić information content (AvgIpc) is 2.51. The van der Waals surface area contributed by atoms with Crippen LogP contribution in [0, 0.1) is 11.3 Å². The van der Waals surface area contributed by atoms with Gasteiger partial charge in [0.05, 0.1) is 6.07 Å². The van der Waals surface area contributed by atoms with Crippen molar-refractivity contribution in [2.24, 2.45) is 0 Å². The van der Waals surface area contributed by atoms with Crippen molar-refractivity contribution in [3.05, 3.63) is 29.8 Å². The largest absolute Gasteiger partial charge is 0.508 e. The van der Waals surface area contributed by atoms with Gasteiger partial charge in [0.25, 0.3) is 0 Å². The second-order valence-electron chi connectivity index (χ2n) is 4.74. The van der Waals surface area contributed by atoms with E-state index in [1.807, 2.05) is 5.32 Å². The van der Waals surface area contributed by atoms with E-state index < -0.39 is 24.7 Å². The maximum Gasteiger partial charge on any atom is 0.405 e. The van der Waals surface area contributed by atoms with Crippen molar-refractivity contribution in [2.75, 3.05) is 13.1 Å². The lowest BCUT2D eigenvalue weighted by Crippen LogP contribution is -2.52. The molecule has 0 saturated heterocycles. The summed E-state index contributed by atoms with van der Waals surface area (Å²) in [4.78, 5) is 12.0. The van der Waals surface area contributed by atoms with Crippen LogP contribution in [0.1, 0.15) is 5.56 Å². The first kappa shape index (κ1) is 19.5. The van der Waals surface area contributed by atoms with Gasteiger partial charge < -0.3 is 21.1 Å². The number of aromatic hydroxyl groups is 1. The normalized spacial score (nSPS) is 11.9. The van der Waals surface area contributed by atoms with Gasteiger partial charge in [-0.3, -0.25) is 4.79 Å². The van der Waals surface area contributed by atoms with Crippen LogP contribution in [0.2, 0.25) is 0 Å². The Hall–Kier alpha value is -2.54. The first-order chi connectivity index (χ1) is 11.2. The lowest BCUT2D eigenvalue weighted by Gasteiger charge is -2.20. The highest BCUT2D eigenvalue weighted by Gasteiger charge is 2.28. The average molecular weight is 360 g/mol. The molecule has 0 aliphatic carbocycles. The fraction of sp³-hybridized carbons (Fsp3) is 0.357. The molecule has 1 atom stereocenters. The Labute approximate surface area is 141 Å². The molecule has 10 heteroatoms. The molecule has 0 aliphatic heterocycles. The van der Waals surface area contributed by atoms with Crippen LogP contribution in [-0.4, -0.2) is 41.4 Å². The third-order valence-electron chi connectivity index (χ3n) is 2.79. The Balaban J connectivity index is 2.73. The summed E-state index contributed by atoms with van der Waals surface area (Å²) < 4.78 is 36.5. The van der Waals surface area contributed by atoms with Crippen LogP contribution in [0.3, 0.4) is 0 Å². The van der Waals surface area contributed by atoms with E-state index in [4.69, 9.17) is 17.5 Å². The summed E-state index contributed by atoms with van der Waals surface area (Å²) in [6.07, 6.45) is -4.34. The van der Waals surface area contributed by atoms with Gasteiger partial charge >= 0.3 is 6.18 Å². The number of alkyl halides is 3. The van der Waals surface area contributed by atoms with Crippen molar-refractivity contribution in [3.63, 3.8) is 0 Å². The first-order valence-electron chi connectivity index (χ1n) is 6.75. The Morgan fingerprint density at radius 1 is 1.29 bits per heavy atom. The topological polar surface area (TPSA) is 97.2 Å². The van der Waals surface area contributed by atoms with E-state index in [0.717, 1.165) is 0 Å². The number of thiocarbonyl (C=S) groups is 1. The molecule has 4 N–H and O–H groups in total. The van der Waals surface area contributed by atoms with Crippen molar-refractivity contribution in [1.29, 1.82) is 5.26 Å². The van der Waals surface area contributed by atoms with Crippen LogP contribution in [0.15, 0.2) is 24.3 Å². The fourth-order valence-corrected chi connectivity index (χ4v) is 1.93. The number of halogens is 3. The number of amides is 1. The third kappa shape index (κ3) is 7.64. The Kier molecular flexibility index (Phi) is 7.26. The minimum Gasteiger partial charge on any atom is -0.508 e. The quantitative estimate of drug-likeness (QED) is 0.446. The van der Waals surface area contributed by atoms with Gasteiger partial charge in [-0.25, -0.2) is 0 Å². The number of benzene rings is 1. The molecule has 0 aliphatic rings. The molecule has 0 spiro atoms. The predicted molar refractivity (Wildman–Crippen MR) is 84.0 cm³/mol. The van der Waals surface area contributed by atoms with Crippen molar-refractivity contribution >= 4 is 23.2 Å². The van der Waals surface area contributed by atoms with Crippen molar-refractivity contribution in [3.8, 4) is 11.8 Å². The van der Waals surface area contributed by atoms with Crippen molar-refractivity contribution in [1.82, 2.24) is 16.0 Å². The van der Waals surface area contributed by atoms with E-state index in [1.165, 1.54) is 12.1 Å². The molecular weight excluding hydrogens is 345 g/mol. The van der Waals surface area contributed by atoms with E-state index in [0.29, 0.717) is 5.56 Å². The summed E-state index contributed by atoms with van der Waals surface area (Å²) in [5.41, 5.74) is 0.649. The van der Waals surface area contributed by atoms with Gasteiger partial charge in [-0.2, -0.15) is 18.4 Å². The molecule has 0 fully saturated rings. The van der Waals surface area contributed by atoms with Crippen molar-refractivity contribution < 1.29 is 23.1 Å². The predicted octanol–water partition coefficient (Wildman–Crippen LogP) is 0.969. The number of rotatable bonds is 6. The van der Waals surface area contributed by atoms with E-state index in [2.05, 4.69) is 10.6 Å². The molecule has 0 heterocycles. The maximum atomic E-state index is 12.2. The van der Waals surface area contributed by atoms with Gasteiger partial charge in [0.2, 0.25) is 5.91 Å². The molecule has 1 unspecified atom stereocenters. The molecule has 130 valence electrons. The number of nitrogens with zero attached hydrogens (tertiary/aromatic N) is 1. The molecule has 1 rings (SSSR count). The van der Waals surface area contributed by atoms with E-state index in [1.54, 1.807) is 18.2 Å². The highest BCUT2D eigenvalue weighted by atomic mass is 32.1. The second-order valence-corrected chi connectivity index (χ2v) is 5.15. The Morgan fingerprint density at radius 3 is 2.46 bits per heavy atom. The summed E-state index contributed by atoms with van der Waals surface area (Å²) >= 11 is 4.76. The molecule has 0 bridgehead atoms. The number of nitriles is 1. The van der Waals surface area contributed by atoms with Gasteiger partial charge in [-0.15, -0.1) is 0 Å². The van der Waals surface area contributed by atoms with Gasteiger partial charge in [0.15, 0.2) is 5.11 Å². The number of hydrogen-bond donors (Lipinski definition) is 4. The van der Waals surface area contributed by atoms with Gasteiger partial charge in [-0.1, -0.05) is 12.1 Å². The molecule has 0 saturated carbocycles. The van der Waals surface area contributed by atoms with E-state index >= 15 is 0 Å². The number of carbonyl (C=O) groups is 1. The third-order valence-corrected chi connectivity index (χ3v) is 3.05. The lowest BCUT2D eigenvalue weighted by molar-refractivity contribution is -0.122. The maximum absolute atomic E-state index is 12.2. The number of hydrogen-bond acceptors (Lipinski definition) is 4. The minimum absolute atomic E-state index is 0.0413. The molecule has 24 heavy (non-hydrogen) atoms. The number of phenols is 1. The molecule has 1 amide bonds. The summed E-state index contributed by atoms with van der Waals surface area (Å²) in [5.74, 6) is -0.541. The molecule has 1 aromatic carbocycles. The summed E-state index contributed by atoms with van der Waals surface area (Å²) in [7, 11) is 0. The van der Waals surface area contributed by atoms with Gasteiger partial charge in [0.1, 0.15) is 24.9 Å². The molecule has 6 nitrogen and oxygen atoms in total. The summed E-state index contributed by atoms with van der Waals surface area (Å²) in [6.45, 7) is -1.57. The van der Waals surface area contributed by atoms with E-state index in [-0.39, 0.29) is 23.8 Å². The molecular formula is C14H15F3N4O2S. The highest BCUT2D eigenvalue weighted by molar-refractivity contribution is 7.80. The van der Waals surface area contributed by atoms with Crippen LogP contribution in [0.25, 0.3) is 0 Å². The molecule has 0 radical (unpaired) electrons. The lowest BCUT2D eigenvalue weighted by atomic mass is 10.1. The zero-order valence-corrected chi connectivity index (χ0v) is 13.2. The fourth-order valence-electron chi connectivity index (χ4n) is 1.72. The Bertz CT molecular complexity index is 614. The van der Waals surface area contributed by atoms with Crippen LogP contribution in [0.4, 0.5) is 13.2 Å². The number of carbonyl (C=O) groups excluding carboxylic acids is 1. The van der Waals surface area contributed by atoms with E-state index in [9.17, 15) is 23.1 Å². The monoisotopic (exact) mass is 360 g/mol. The summed E-state index contributed by atoms with van der Waals surface area (Å²) in [5, 5.41) is 24.2. The smallest absolute Gasteiger partial charge is 0.405 e.